The molecule has 5 heteroatoms. The molecule has 1 aromatic rings. The summed E-state index contributed by atoms with van der Waals surface area (Å²) in [5.74, 6) is -2.24. The normalized spacial score (nSPS) is 12.6. The molecule has 1 nitrogen and oxygen atoms in total. The summed E-state index contributed by atoms with van der Waals surface area (Å²) < 4.78 is 25.3. The van der Waals surface area contributed by atoms with Crippen LogP contribution in [0.2, 0.25) is 0 Å². The highest BCUT2D eigenvalue weighted by Crippen LogP contribution is 2.15. The van der Waals surface area contributed by atoms with Crippen molar-refractivity contribution in [3.05, 3.63) is 35.4 Å². The van der Waals surface area contributed by atoms with E-state index in [1.165, 1.54) is 6.07 Å². The standard InChI is InChI=1S/C9H6Br2F2O/c10-4-6(11)9(14)5-1-2-7(12)8(13)3-5/h1-3,6H,4H2. The first-order chi connectivity index (χ1) is 6.56. The van der Waals surface area contributed by atoms with Crippen molar-refractivity contribution < 1.29 is 13.6 Å². The van der Waals surface area contributed by atoms with Crippen LogP contribution in [0.3, 0.4) is 0 Å². The zero-order chi connectivity index (χ0) is 10.7. The Bertz CT molecular complexity index is 355. The zero-order valence-corrected chi connectivity index (χ0v) is 10.1. The molecule has 0 saturated carbocycles. The molecule has 0 amide bonds. The predicted molar refractivity (Wildman–Crippen MR) is 57.2 cm³/mol. The Labute approximate surface area is 96.8 Å². The van der Waals surface area contributed by atoms with Crippen LogP contribution in [0.4, 0.5) is 8.78 Å². The molecule has 1 atom stereocenters. The van der Waals surface area contributed by atoms with E-state index in [-0.39, 0.29) is 11.3 Å². The third-order valence-corrected chi connectivity index (χ3v) is 3.88. The van der Waals surface area contributed by atoms with Crippen molar-refractivity contribution in [2.75, 3.05) is 5.33 Å². The van der Waals surface area contributed by atoms with Crippen LogP contribution in [0, 0.1) is 11.6 Å². The second-order valence-corrected chi connectivity index (χ2v) is 4.37. The average Bonchev–Trinajstić information content (AvgIpc) is 2.20. The summed E-state index contributed by atoms with van der Waals surface area (Å²) in [6, 6.07) is 3.10. The number of rotatable bonds is 3. The topological polar surface area (TPSA) is 17.1 Å². The van der Waals surface area contributed by atoms with Crippen molar-refractivity contribution in [3.63, 3.8) is 0 Å². The minimum atomic E-state index is -1.01. The molecule has 0 radical (unpaired) electrons. The number of carbonyl (C=O) groups is 1. The van der Waals surface area contributed by atoms with Crippen molar-refractivity contribution in [2.24, 2.45) is 0 Å². The van der Waals surface area contributed by atoms with E-state index in [2.05, 4.69) is 31.9 Å². The number of halogens is 4. The zero-order valence-electron chi connectivity index (χ0n) is 6.94. The number of Topliss-reactive ketones (excluding diaryl/α,β-unsaturated/α-hetero) is 1. The molecule has 0 spiro atoms. The van der Waals surface area contributed by atoms with E-state index >= 15 is 0 Å². The van der Waals surface area contributed by atoms with E-state index in [1.807, 2.05) is 0 Å². The lowest BCUT2D eigenvalue weighted by Gasteiger charge is -2.04. The molecule has 1 aromatic carbocycles. The summed E-state index contributed by atoms with van der Waals surface area (Å²) in [4.78, 5) is 11.0. The molecule has 0 bridgehead atoms. The van der Waals surface area contributed by atoms with Crippen LogP contribution in [0.15, 0.2) is 18.2 Å². The van der Waals surface area contributed by atoms with Crippen LogP contribution < -0.4 is 0 Å². The number of hydrogen-bond acceptors (Lipinski definition) is 1. The summed E-state index contributed by atoms with van der Waals surface area (Å²) in [5, 5.41) is 0.421. The number of benzene rings is 1. The fraction of sp³-hybridized carbons (Fsp3) is 0.222. The van der Waals surface area contributed by atoms with Crippen LogP contribution in [0.25, 0.3) is 0 Å². The number of ketones is 1. The van der Waals surface area contributed by atoms with Gasteiger partial charge in [-0.25, -0.2) is 8.78 Å². The molecule has 0 saturated heterocycles. The van der Waals surface area contributed by atoms with Crippen molar-refractivity contribution in [1.29, 1.82) is 0 Å². The molecule has 0 aliphatic heterocycles. The van der Waals surface area contributed by atoms with Gasteiger partial charge in [-0.2, -0.15) is 0 Å². The van der Waals surface area contributed by atoms with Crippen LogP contribution in [-0.4, -0.2) is 15.9 Å². The predicted octanol–water partition coefficient (Wildman–Crippen LogP) is 3.31. The third-order valence-electron chi connectivity index (χ3n) is 1.62. The van der Waals surface area contributed by atoms with E-state index in [1.54, 1.807) is 0 Å². The highest BCUT2D eigenvalue weighted by atomic mass is 79.9. The van der Waals surface area contributed by atoms with Gasteiger partial charge in [-0.3, -0.25) is 4.79 Å². The quantitative estimate of drug-likeness (QED) is 0.615. The maximum Gasteiger partial charge on any atom is 0.177 e. The molecule has 76 valence electrons. The highest BCUT2D eigenvalue weighted by Gasteiger charge is 2.16. The number of carbonyl (C=O) groups excluding carboxylic acids is 1. The Hall–Kier alpha value is -0.290. The van der Waals surface area contributed by atoms with Gasteiger partial charge in [0, 0.05) is 10.9 Å². The Balaban J connectivity index is 2.97. The number of hydrogen-bond donors (Lipinski definition) is 0. The summed E-state index contributed by atoms with van der Waals surface area (Å²) in [6.45, 7) is 0. The van der Waals surface area contributed by atoms with E-state index in [0.29, 0.717) is 5.33 Å². The second kappa shape index (κ2) is 4.98. The van der Waals surface area contributed by atoms with E-state index < -0.39 is 16.5 Å². The van der Waals surface area contributed by atoms with Gasteiger partial charge >= 0.3 is 0 Å². The fourth-order valence-electron chi connectivity index (χ4n) is 0.900. The molecule has 0 heterocycles. The fourth-order valence-corrected chi connectivity index (χ4v) is 1.46. The Morgan fingerprint density at radius 1 is 1.36 bits per heavy atom. The minimum Gasteiger partial charge on any atom is -0.293 e. The lowest BCUT2D eigenvalue weighted by atomic mass is 10.1. The van der Waals surface area contributed by atoms with Crippen LogP contribution in [0.5, 0.6) is 0 Å². The molecule has 1 rings (SSSR count). The first-order valence-corrected chi connectivity index (χ1v) is 5.79. The van der Waals surface area contributed by atoms with Gasteiger partial charge < -0.3 is 0 Å². The third kappa shape index (κ3) is 2.60. The molecule has 14 heavy (non-hydrogen) atoms. The smallest absolute Gasteiger partial charge is 0.177 e. The number of alkyl halides is 2. The van der Waals surface area contributed by atoms with Gasteiger partial charge in [-0.1, -0.05) is 31.9 Å². The summed E-state index contributed by atoms with van der Waals surface area (Å²) in [6.07, 6.45) is 0. The van der Waals surface area contributed by atoms with Gasteiger partial charge in [-0.05, 0) is 18.2 Å². The molecule has 1 unspecified atom stereocenters. The van der Waals surface area contributed by atoms with E-state index in [0.717, 1.165) is 12.1 Å². The summed E-state index contributed by atoms with van der Waals surface area (Å²) >= 11 is 6.22. The van der Waals surface area contributed by atoms with Gasteiger partial charge in [0.1, 0.15) is 0 Å². The highest BCUT2D eigenvalue weighted by molar-refractivity contribution is 9.12. The van der Waals surface area contributed by atoms with Crippen LogP contribution in [0.1, 0.15) is 10.4 Å². The Morgan fingerprint density at radius 2 is 2.00 bits per heavy atom. The van der Waals surface area contributed by atoms with Crippen molar-refractivity contribution in [1.82, 2.24) is 0 Å². The van der Waals surface area contributed by atoms with Gasteiger partial charge in [0.15, 0.2) is 17.4 Å². The van der Waals surface area contributed by atoms with Crippen molar-refractivity contribution in [2.45, 2.75) is 4.83 Å². The Morgan fingerprint density at radius 3 is 2.50 bits per heavy atom. The van der Waals surface area contributed by atoms with Crippen molar-refractivity contribution >= 4 is 37.6 Å². The van der Waals surface area contributed by atoms with Crippen molar-refractivity contribution in [3.8, 4) is 0 Å². The molecule has 0 fully saturated rings. The largest absolute Gasteiger partial charge is 0.293 e. The van der Waals surface area contributed by atoms with E-state index in [4.69, 9.17) is 0 Å². The lowest BCUT2D eigenvalue weighted by Crippen LogP contribution is -2.15. The van der Waals surface area contributed by atoms with Gasteiger partial charge in [-0.15, -0.1) is 0 Å². The molecule has 0 N–H and O–H groups in total. The van der Waals surface area contributed by atoms with Gasteiger partial charge in [0.25, 0.3) is 0 Å². The molecular formula is C9H6Br2F2O. The molecule has 0 aliphatic carbocycles. The van der Waals surface area contributed by atoms with Gasteiger partial charge in [0.05, 0.1) is 4.83 Å². The van der Waals surface area contributed by atoms with Gasteiger partial charge in [0.2, 0.25) is 0 Å². The first-order valence-electron chi connectivity index (χ1n) is 3.75. The maximum atomic E-state index is 12.8. The van der Waals surface area contributed by atoms with Crippen LogP contribution >= 0.6 is 31.9 Å². The molecular weight excluding hydrogens is 322 g/mol. The second-order valence-electron chi connectivity index (χ2n) is 2.61. The van der Waals surface area contributed by atoms with E-state index in [9.17, 15) is 13.6 Å². The summed E-state index contributed by atoms with van der Waals surface area (Å²) in [5.41, 5.74) is 0.158. The molecule has 0 aliphatic rings. The average molecular weight is 328 g/mol. The SMILES string of the molecule is O=C(c1ccc(F)c(F)c1)C(Br)CBr. The first kappa shape index (κ1) is 11.8. The monoisotopic (exact) mass is 326 g/mol. The lowest BCUT2D eigenvalue weighted by molar-refractivity contribution is 0.0997. The van der Waals surface area contributed by atoms with Crippen LogP contribution in [-0.2, 0) is 0 Å². The maximum absolute atomic E-state index is 12.8. The molecule has 0 aromatic heterocycles. The summed E-state index contributed by atoms with van der Waals surface area (Å²) in [7, 11) is 0. The Kier molecular flexibility index (Phi) is 4.19. The minimum absolute atomic E-state index is 0.158.